The van der Waals surface area contributed by atoms with Crippen LogP contribution in [0.25, 0.3) is 0 Å². The van der Waals surface area contributed by atoms with Crippen LogP contribution >= 0.6 is 0 Å². The normalized spacial score (nSPS) is 15.4. The van der Waals surface area contributed by atoms with E-state index in [9.17, 15) is 9.59 Å². The molecule has 6 heteroatoms. The molecule has 0 spiro atoms. The Bertz CT molecular complexity index is 1000. The van der Waals surface area contributed by atoms with Gasteiger partial charge in [0.15, 0.2) is 0 Å². The number of esters is 1. The maximum Gasteiger partial charge on any atom is 0.339 e. The van der Waals surface area contributed by atoms with Crippen molar-refractivity contribution >= 4 is 23.3 Å². The van der Waals surface area contributed by atoms with Crippen molar-refractivity contribution < 1.29 is 14.3 Å². The summed E-state index contributed by atoms with van der Waals surface area (Å²) in [6.45, 7) is 0. The second kappa shape index (κ2) is 6.92. The molecule has 1 N–H and O–H groups in total. The number of hydrogen-bond acceptors (Lipinski definition) is 5. The van der Waals surface area contributed by atoms with Gasteiger partial charge in [-0.3, -0.25) is 14.7 Å². The first-order valence-electron chi connectivity index (χ1n) is 8.47. The molecule has 0 saturated heterocycles. The molecule has 0 bridgehead atoms. The van der Waals surface area contributed by atoms with Gasteiger partial charge in [0.2, 0.25) is 0 Å². The minimum Gasteiger partial charge on any atom is -0.465 e. The highest BCUT2D eigenvalue weighted by molar-refractivity contribution is 6.11. The highest BCUT2D eigenvalue weighted by atomic mass is 16.5. The number of nitrogens with one attached hydrogen (secondary N) is 1. The van der Waals surface area contributed by atoms with E-state index in [4.69, 9.17) is 4.74 Å². The second-order valence-electron chi connectivity index (χ2n) is 6.06. The van der Waals surface area contributed by atoms with Crippen LogP contribution in [0, 0.1) is 0 Å². The monoisotopic (exact) mass is 359 g/mol. The summed E-state index contributed by atoms with van der Waals surface area (Å²) < 4.78 is 4.87. The fourth-order valence-electron chi connectivity index (χ4n) is 3.27. The van der Waals surface area contributed by atoms with Gasteiger partial charge in [-0.2, -0.15) is 0 Å². The van der Waals surface area contributed by atoms with E-state index in [1.807, 2.05) is 30.3 Å². The van der Waals surface area contributed by atoms with Gasteiger partial charge in [0.25, 0.3) is 5.91 Å². The van der Waals surface area contributed by atoms with Gasteiger partial charge in [-0.1, -0.05) is 30.3 Å². The number of para-hydroxylation sites is 1. The molecule has 27 heavy (non-hydrogen) atoms. The molecule has 1 aliphatic rings. The molecule has 0 unspecified atom stereocenters. The summed E-state index contributed by atoms with van der Waals surface area (Å²) in [7, 11) is 1.34. The van der Waals surface area contributed by atoms with Gasteiger partial charge in [0.05, 0.1) is 30.2 Å². The van der Waals surface area contributed by atoms with E-state index in [0.29, 0.717) is 22.5 Å². The number of rotatable bonds is 4. The Hall–Kier alpha value is -3.67. The smallest absolute Gasteiger partial charge is 0.339 e. The molecule has 6 nitrogen and oxygen atoms in total. The molecule has 0 fully saturated rings. The zero-order valence-corrected chi connectivity index (χ0v) is 14.6. The number of carbonyl (C=O) groups is 2. The van der Waals surface area contributed by atoms with Crippen LogP contribution in [0.3, 0.4) is 0 Å². The third-order valence-corrected chi connectivity index (χ3v) is 4.51. The highest BCUT2D eigenvalue weighted by Crippen LogP contribution is 2.38. The van der Waals surface area contributed by atoms with Crippen LogP contribution < -0.4 is 10.2 Å². The summed E-state index contributed by atoms with van der Waals surface area (Å²) in [5, 5.41) is 3.34. The van der Waals surface area contributed by atoms with Gasteiger partial charge in [-0.05, 0) is 30.3 Å². The van der Waals surface area contributed by atoms with Crippen molar-refractivity contribution in [3.05, 3.63) is 89.7 Å². The molecule has 1 aromatic heterocycles. The Morgan fingerprint density at radius 3 is 2.63 bits per heavy atom. The third kappa shape index (κ3) is 2.91. The first kappa shape index (κ1) is 16.8. The standard InChI is InChI=1S/C21H17N3O3/c1-27-21(26)17-10-4-5-11-18(17)23-19-15-8-2-3-9-16(15)20(25)24(19)14-7-6-12-22-13-14/h2-13,19,23H,1H3/t19-/m1/s1. The van der Waals surface area contributed by atoms with E-state index in [1.165, 1.54) is 7.11 Å². The van der Waals surface area contributed by atoms with Gasteiger partial charge in [0, 0.05) is 17.3 Å². The van der Waals surface area contributed by atoms with Crippen molar-refractivity contribution in [1.29, 1.82) is 0 Å². The van der Waals surface area contributed by atoms with Crippen molar-refractivity contribution in [2.75, 3.05) is 17.3 Å². The number of amides is 1. The molecule has 0 radical (unpaired) electrons. The van der Waals surface area contributed by atoms with Gasteiger partial charge in [-0.25, -0.2) is 4.79 Å². The van der Waals surface area contributed by atoms with Crippen molar-refractivity contribution in [2.24, 2.45) is 0 Å². The number of aromatic nitrogens is 1. The number of methoxy groups -OCH3 is 1. The van der Waals surface area contributed by atoms with E-state index in [2.05, 4.69) is 10.3 Å². The fraction of sp³-hybridized carbons (Fsp3) is 0.0952. The van der Waals surface area contributed by atoms with Crippen LogP contribution in [0.2, 0.25) is 0 Å². The van der Waals surface area contributed by atoms with Gasteiger partial charge < -0.3 is 10.1 Å². The predicted octanol–water partition coefficient (Wildman–Crippen LogP) is 3.64. The molecule has 1 amide bonds. The molecule has 4 rings (SSSR count). The molecule has 2 heterocycles. The van der Waals surface area contributed by atoms with E-state index in [0.717, 1.165) is 5.56 Å². The number of carbonyl (C=O) groups excluding carboxylic acids is 2. The number of anilines is 2. The van der Waals surface area contributed by atoms with Crippen molar-refractivity contribution in [1.82, 2.24) is 4.98 Å². The molecular formula is C21H17N3O3. The summed E-state index contributed by atoms with van der Waals surface area (Å²) in [6, 6.07) is 18.1. The van der Waals surface area contributed by atoms with E-state index >= 15 is 0 Å². The van der Waals surface area contributed by atoms with Crippen molar-refractivity contribution in [3.63, 3.8) is 0 Å². The lowest BCUT2D eigenvalue weighted by molar-refractivity contribution is 0.0601. The van der Waals surface area contributed by atoms with Crippen LogP contribution in [0.5, 0.6) is 0 Å². The van der Waals surface area contributed by atoms with Gasteiger partial charge in [-0.15, -0.1) is 0 Å². The third-order valence-electron chi connectivity index (χ3n) is 4.51. The quantitative estimate of drug-likeness (QED) is 0.720. The molecule has 134 valence electrons. The Kier molecular flexibility index (Phi) is 4.30. The fourth-order valence-corrected chi connectivity index (χ4v) is 3.27. The van der Waals surface area contributed by atoms with Gasteiger partial charge >= 0.3 is 5.97 Å². The number of fused-ring (bicyclic) bond motifs is 1. The number of nitrogens with zero attached hydrogens (tertiary/aromatic N) is 2. The predicted molar refractivity (Wildman–Crippen MR) is 102 cm³/mol. The summed E-state index contributed by atoms with van der Waals surface area (Å²) in [4.78, 5) is 30.9. The summed E-state index contributed by atoms with van der Waals surface area (Å²) in [5.74, 6) is -0.560. The number of ether oxygens (including phenoxy) is 1. The van der Waals surface area contributed by atoms with Crippen molar-refractivity contribution in [3.8, 4) is 0 Å². The molecule has 0 aliphatic carbocycles. The second-order valence-corrected chi connectivity index (χ2v) is 6.06. The molecule has 3 aromatic rings. The minimum atomic E-state index is -0.469. The van der Waals surface area contributed by atoms with Crippen LogP contribution in [0.4, 0.5) is 11.4 Å². The zero-order chi connectivity index (χ0) is 18.8. The number of pyridine rings is 1. The molecule has 0 saturated carbocycles. The van der Waals surface area contributed by atoms with Crippen LogP contribution in [0.1, 0.15) is 32.4 Å². The SMILES string of the molecule is COC(=O)c1ccccc1N[C@H]1c2ccccc2C(=O)N1c1cccnc1. The number of benzene rings is 2. The van der Waals surface area contributed by atoms with Crippen LogP contribution in [-0.4, -0.2) is 24.0 Å². The summed E-state index contributed by atoms with van der Waals surface area (Å²) in [6.07, 6.45) is 2.83. The molecule has 2 aromatic carbocycles. The first-order valence-corrected chi connectivity index (χ1v) is 8.47. The van der Waals surface area contributed by atoms with Crippen LogP contribution in [0.15, 0.2) is 73.1 Å². The van der Waals surface area contributed by atoms with Gasteiger partial charge in [0.1, 0.15) is 6.17 Å². The first-order chi connectivity index (χ1) is 13.2. The lowest BCUT2D eigenvalue weighted by Crippen LogP contribution is -2.32. The zero-order valence-electron chi connectivity index (χ0n) is 14.6. The Morgan fingerprint density at radius 1 is 1.07 bits per heavy atom. The molecule has 1 atom stereocenters. The topological polar surface area (TPSA) is 71.5 Å². The van der Waals surface area contributed by atoms with Crippen molar-refractivity contribution in [2.45, 2.75) is 6.17 Å². The maximum atomic E-state index is 13.0. The Morgan fingerprint density at radius 2 is 1.85 bits per heavy atom. The van der Waals surface area contributed by atoms with E-state index in [-0.39, 0.29) is 5.91 Å². The lowest BCUT2D eigenvalue weighted by atomic mass is 10.1. The molecular weight excluding hydrogens is 342 g/mol. The van der Waals surface area contributed by atoms with E-state index in [1.54, 1.807) is 47.6 Å². The largest absolute Gasteiger partial charge is 0.465 e. The highest BCUT2D eigenvalue weighted by Gasteiger charge is 2.38. The molecule has 1 aliphatic heterocycles. The summed E-state index contributed by atoms with van der Waals surface area (Å²) >= 11 is 0. The average Bonchev–Trinajstić information content (AvgIpc) is 3.00. The average molecular weight is 359 g/mol. The maximum absolute atomic E-state index is 13.0. The minimum absolute atomic E-state index is 0.119. The number of hydrogen-bond donors (Lipinski definition) is 1. The van der Waals surface area contributed by atoms with Crippen LogP contribution in [-0.2, 0) is 4.74 Å². The van der Waals surface area contributed by atoms with E-state index < -0.39 is 12.1 Å². The lowest BCUT2D eigenvalue weighted by Gasteiger charge is -2.27. The Labute approximate surface area is 156 Å². The summed E-state index contributed by atoms with van der Waals surface area (Å²) in [5.41, 5.74) is 3.13. The Balaban J connectivity index is 1.80.